The minimum atomic E-state index is -0.283. The largest absolute Gasteiger partial charge is 0.493 e. The second-order valence-corrected chi connectivity index (χ2v) is 5.79. The number of fused-ring (bicyclic) bond motifs is 1. The number of ether oxygens (including phenoxy) is 1. The Labute approximate surface area is 113 Å². The lowest BCUT2D eigenvalue weighted by atomic mass is 9.96. The van der Waals surface area contributed by atoms with E-state index in [1.165, 1.54) is 0 Å². The van der Waals surface area contributed by atoms with Gasteiger partial charge in [-0.2, -0.15) is 0 Å². The highest BCUT2D eigenvalue weighted by Crippen LogP contribution is 2.23. The predicted octanol–water partition coefficient (Wildman–Crippen LogP) is 1.76. The van der Waals surface area contributed by atoms with Gasteiger partial charge in [-0.15, -0.1) is 0 Å². The lowest BCUT2D eigenvalue weighted by Gasteiger charge is -2.22. The van der Waals surface area contributed by atoms with Gasteiger partial charge in [0.05, 0.1) is 13.2 Å². The highest BCUT2D eigenvalue weighted by molar-refractivity contribution is 5.96. The van der Waals surface area contributed by atoms with E-state index < -0.39 is 0 Å². The monoisotopic (exact) mass is 263 g/mol. The third kappa shape index (κ3) is 3.47. The smallest absolute Gasteiger partial charge is 0.251 e. The molecular weight excluding hydrogens is 242 g/mol. The number of aliphatic hydroxyl groups excluding tert-OH is 1. The number of carbonyl (C=O) groups excluding carboxylic acids is 1. The molecule has 0 unspecified atom stereocenters. The Morgan fingerprint density at radius 2 is 2.21 bits per heavy atom. The van der Waals surface area contributed by atoms with Crippen molar-refractivity contribution in [3.63, 3.8) is 0 Å². The van der Waals surface area contributed by atoms with E-state index in [2.05, 4.69) is 5.32 Å². The molecular formula is C15H21NO3. The Morgan fingerprint density at radius 3 is 2.95 bits per heavy atom. The lowest BCUT2D eigenvalue weighted by Crippen LogP contribution is -2.25. The minimum Gasteiger partial charge on any atom is -0.493 e. The van der Waals surface area contributed by atoms with Crippen molar-refractivity contribution in [3.05, 3.63) is 29.3 Å². The number of carbonyl (C=O) groups is 1. The first-order valence-corrected chi connectivity index (χ1v) is 6.67. The van der Waals surface area contributed by atoms with Crippen LogP contribution in [0.4, 0.5) is 0 Å². The Kier molecular flexibility index (Phi) is 4.10. The summed E-state index contributed by atoms with van der Waals surface area (Å²) in [6.07, 6.45) is 1.88. The van der Waals surface area contributed by atoms with Gasteiger partial charge < -0.3 is 15.2 Å². The van der Waals surface area contributed by atoms with Crippen LogP contribution in [0.5, 0.6) is 5.75 Å². The van der Waals surface area contributed by atoms with Crippen molar-refractivity contribution in [2.45, 2.75) is 26.7 Å². The maximum atomic E-state index is 11.9. The molecule has 2 N–H and O–H groups in total. The summed E-state index contributed by atoms with van der Waals surface area (Å²) in [4.78, 5) is 11.9. The highest BCUT2D eigenvalue weighted by Gasteiger charge is 2.19. The van der Waals surface area contributed by atoms with Crippen LogP contribution < -0.4 is 10.1 Å². The molecule has 0 aliphatic carbocycles. The molecule has 0 atom stereocenters. The maximum absolute atomic E-state index is 11.9. The van der Waals surface area contributed by atoms with Gasteiger partial charge in [0, 0.05) is 17.5 Å². The van der Waals surface area contributed by atoms with Gasteiger partial charge in [-0.3, -0.25) is 4.79 Å². The molecule has 1 amide bonds. The molecule has 1 aliphatic rings. The van der Waals surface area contributed by atoms with Gasteiger partial charge in [-0.1, -0.05) is 19.9 Å². The molecule has 1 heterocycles. The first-order valence-electron chi connectivity index (χ1n) is 6.67. The second-order valence-electron chi connectivity index (χ2n) is 5.79. The van der Waals surface area contributed by atoms with E-state index in [-0.39, 0.29) is 17.9 Å². The van der Waals surface area contributed by atoms with Crippen LogP contribution in [-0.4, -0.2) is 30.8 Å². The maximum Gasteiger partial charge on any atom is 0.251 e. The molecule has 104 valence electrons. The summed E-state index contributed by atoms with van der Waals surface area (Å²) < 4.78 is 5.68. The fourth-order valence-corrected chi connectivity index (χ4v) is 1.98. The Morgan fingerprint density at radius 1 is 1.42 bits per heavy atom. The number of aryl methyl sites for hydroxylation is 1. The van der Waals surface area contributed by atoms with Crippen molar-refractivity contribution in [1.29, 1.82) is 0 Å². The van der Waals surface area contributed by atoms with Gasteiger partial charge in [0.2, 0.25) is 0 Å². The first kappa shape index (κ1) is 13.9. The van der Waals surface area contributed by atoms with E-state index in [0.717, 1.165) is 24.9 Å². The van der Waals surface area contributed by atoms with Crippen LogP contribution >= 0.6 is 0 Å². The van der Waals surface area contributed by atoms with E-state index in [4.69, 9.17) is 4.74 Å². The molecule has 0 radical (unpaired) electrons. The molecule has 1 aromatic rings. The van der Waals surface area contributed by atoms with E-state index in [1.807, 2.05) is 26.0 Å². The molecule has 4 nitrogen and oxygen atoms in total. The Balaban J connectivity index is 2.14. The Bertz CT molecular complexity index is 468. The molecule has 1 aliphatic heterocycles. The number of rotatable bonds is 4. The van der Waals surface area contributed by atoms with E-state index in [9.17, 15) is 9.90 Å². The predicted molar refractivity (Wildman–Crippen MR) is 73.5 cm³/mol. The van der Waals surface area contributed by atoms with Crippen molar-refractivity contribution in [1.82, 2.24) is 5.32 Å². The molecule has 0 saturated carbocycles. The van der Waals surface area contributed by atoms with Crippen LogP contribution in [0, 0.1) is 5.41 Å². The number of amides is 1. The van der Waals surface area contributed by atoms with Crippen LogP contribution in [0.15, 0.2) is 18.2 Å². The molecule has 0 fully saturated rings. The minimum absolute atomic E-state index is 0.0284. The Hall–Kier alpha value is -1.55. The zero-order chi connectivity index (χ0) is 13.9. The topological polar surface area (TPSA) is 58.6 Å². The highest BCUT2D eigenvalue weighted by atomic mass is 16.5. The third-order valence-electron chi connectivity index (χ3n) is 3.29. The molecule has 0 aromatic heterocycles. The van der Waals surface area contributed by atoms with Crippen LogP contribution in [0.25, 0.3) is 0 Å². The van der Waals surface area contributed by atoms with Gasteiger partial charge in [0.25, 0.3) is 5.91 Å². The second kappa shape index (κ2) is 5.61. The number of benzene rings is 1. The van der Waals surface area contributed by atoms with Gasteiger partial charge in [0.1, 0.15) is 5.75 Å². The summed E-state index contributed by atoms with van der Waals surface area (Å²) >= 11 is 0. The first-order chi connectivity index (χ1) is 9.02. The average Bonchev–Trinajstić information content (AvgIpc) is 2.59. The molecule has 0 spiro atoms. The molecule has 2 rings (SSSR count). The van der Waals surface area contributed by atoms with Crippen LogP contribution in [0.3, 0.4) is 0 Å². The summed E-state index contributed by atoms with van der Waals surface area (Å²) in [5, 5.41) is 12.1. The lowest BCUT2D eigenvalue weighted by molar-refractivity contribution is 0.0945. The summed E-state index contributed by atoms with van der Waals surface area (Å²) in [7, 11) is 0. The van der Waals surface area contributed by atoms with E-state index in [0.29, 0.717) is 17.9 Å². The van der Waals surface area contributed by atoms with Crippen molar-refractivity contribution in [3.8, 4) is 5.75 Å². The van der Waals surface area contributed by atoms with Gasteiger partial charge >= 0.3 is 0 Å². The van der Waals surface area contributed by atoms with Crippen LogP contribution in [-0.2, 0) is 6.42 Å². The normalized spacial score (nSPS) is 15.4. The summed E-state index contributed by atoms with van der Waals surface area (Å²) in [6, 6.07) is 5.65. The number of hydrogen-bond acceptors (Lipinski definition) is 3. The quantitative estimate of drug-likeness (QED) is 0.870. The van der Waals surface area contributed by atoms with Crippen LogP contribution in [0.1, 0.15) is 36.2 Å². The fourth-order valence-electron chi connectivity index (χ4n) is 1.98. The van der Waals surface area contributed by atoms with E-state index >= 15 is 0 Å². The molecule has 19 heavy (non-hydrogen) atoms. The summed E-state index contributed by atoms with van der Waals surface area (Å²) in [6.45, 7) is 5.08. The number of hydrogen-bond donors (Lipinski definition) is 2. The molecule has 0 saturated heterocycles. The average molecular weight is 263 g/mol. The van der Waals surface area contributed by atoms with Gasteiger partial charge in [-0.25, -0.2) is 0 Å². The number of nitrogens with one attached hydrogen (secondary N) is 1. The fraction of sp³-hybridized carbons (Fsp3) is 0.533. The third-order valence-corrected chi connectivity index (χ3v) is 3.29. The summed E-state index contributed by atoms with van der Waals surface area (Å²) in [5.41, 5.74) is 1.50. The number of aliphatic hydroxyl groups is 1. The van der Waals surface area contributed by atoms with Crippen molar-refractivity contribution >= 4 is 5.91 Å². The zero-order valence-corrected chi connectivity index (χ0v) is 11.5. The van der Waals surface area contributed by atoms with Crippen LogP contribution in [0.2, 0.25) is 0 Å². The molecule has 0 bridgehead atoms. The molecule has 1 aromatic carbocycles. The zero-order valence-electron chi connectivity index (χ0n) is 11.5. The standard InChI is InChI=1S/C15H21NO3/c1-15(2,9-17)10-19-12-6-5-11-4-3-7-16-14(18)13(11)8-12/h5-6,8,17H,3-4,7,9-10H2,1-2H3,(H,16,18). The summed E-state index contributed by atoms with van der Waals surface area (Å²) in [5.74, 6) is 0.650. The van der Waals surface area contributed by atoms with Crippen molar-refractivity contribution < 1.29 is 14.6 Å². The van der Waals surface area contributed by atoms with Crippen molar-refractivity contribution in [2.24, 2.45) is 5.41 Å². The van der Waals surface area contributed by atoms with E-state index in [1.54, 1.807) is 6.07 Å². The molecule has 4 heteroatoms. The SMILES string of the molecule is CC(C)(CO)COc1ccc2c(c1)C(=O)NCCC2. The van der Waals surface area contributed by atoms with Gasteiger partial charge in [-0.05, 0) is 30.5 Å². The van der Waals surface area contributed by atoms with Crippen molar-refractivity contribution in [2.75, 3.05) is 19.8 Å². The van der Waals surface area contributed by atoms with Gasteiger partial charge in [0.15, 0.2) is 0 Å².